The van der Waals surface area contributed by atoms with E-state index in [0.29, 0.717) is 0 Å². The molecule has 7 heteroatoms. The molecule has 0 saturated heterocycles. The van der Waals surface area contributed by atoms with E-state index >= 15 is 0 Å². The van der Waals surface area contributed by atoms with Crippen LogP contribution in [0.15, 0.2) is 0 Å². The maximum atomic E-state index is 8.69. The van der Waals surface area contributed by atoms with Crippen molar-refractivity contribution in [2.24, 2.45) is 5.92 Å². The second-order valence-corrected chi connectivity index (χ2v) is 6.56. The van der Waals surface area contributed by atoms with Gasteiger partial charge in [0.1, 0.15) is 0 Å². The molecule has 0 heterocycles. The molecule has 1 N–H and O–H groups in total. The van der Waals surface area contributed by atoms with Gasteiger partial charge >= 0.3 is 0 Å². The van der Waals surface area contributed by atoms with Crippen molar-refractivity contribution in [3.8, 4) is 0 Å². The summed E-state index contributed by atoms with van der Waals surface area (Å²) in [5.41, 5.74) is 0. The number of aliphatic hydroxyl groups excluding tert-OH is 1. The first-order valence-electron chi connectivity index (χ1n) is 2.44. The van der Waals surface area contributed by atoms with Gasteiger partial charge in [0.05, 0.1) is 12.5 Å². The fourth-order valence-electron chi connectivity index (χ4n) is 0.393. The molecule has 0 aromatic heterocycles. The molecular formula is C4H4Cl6O. The van der Waals surface area contributed by atoms with E-state index in [0.717, 1.165) is 0 Å². The van der Waals surface area contributed by atoms with Gasteiger partial charge in [0.25, 0.3) is 0 Å². The van der Waals surface area contributed by atoms with E-state index in [1.165, 1.54) is 0 Å². The predicted octanol–water partition coefficient (Wildman–Crippen LogP) is 3.34. The second-order valence-electron chi connectivity index (χ2n) is 1.82. The Hall–Kier alpha value is 1.70. The van der Waals surface area contributed by atoms with Gasteiger partial charge in [-0.2, -0.15) is 0 Å². The summed E-state index contributed by atoms with van der Waals surface area (Å²) in [7, 11) is 0. The predicted molar refractivity (Wildman–Crippen MR) is 51.2 cm³/mol. The molecule has 0 unspecified atom stereocenters. The van der Waals surface area contributed by atoms with E-state index in [1.54, 1.807) is 0 Å². The molecule has 0 amide bonds. The average molecular weight is 281 g/mol. The molecule has 0 rings (SSSR count). The number of halogens is 6. The Morgan fingerprint density at radius 1 is 0.909 bits per heavy atom. The minimum atomic E-state index is -1.78. The summed E-state index contributed by atoms with van der Waals surface area (Å²) < 4.78 is -3.56. The summed E-state index contributed by atoms with van der Waals surface area (Å²) >= 11 is 32.4. The van der Waals surface area contributed by atoms with Crippen molar-refractivity contribution in [1.82, 2.24) is 0 Å². The van der Waals surface area contributed by atoms with Crippen molar-refractivity contribution in [3.05, 3.63) is 0 Å². The summed E-state index contributed by atoms with van der Waals surface area (Å²) in [6, 6.07) is 0. The number of rotatable bonds is 1. The van der Waals surface area contributed by atoms with Crippen molar-refractivity contribution >= 4 is 69.6 Å². The fraction of sp³-hybridized carbons (Fsp3) is 1.00. The molecule has 68 valence electrons. The lowest BCUT2D eigenvalue weighted by Gasteiger charge is -2.28. The van der Waals surface area contributed by atoms with Gasteiger partial charge in [-0.3, -0.25) is 0 Å². The van der Waals surface area contributed by atoms with Crippen LogP contribution in [0.3, 0.4) is 0 Å². The number of aliphatic hydroxyl groups is 1. The van der Waals surface area contributed by atoms with Crippen molar-refractivity contribution < 1.29 is 5.11 Å². The van der Waals surface area contributed by atoms with Crippen molar-refractivity contribution in [3.63, 3.8) is 0 Å². The molecule has 0 aromatic carbocycles. The third-order valence-electron chi connectivity index (χ3n) is 0.973. The van der Waals surface area contributed by atoms with Crippen molar-refractivity contribution in [1.29, 1.82) is 0 Å². The standard InChI is InChI=1S/C4H4Cl6O/c5-3(6,7)2(1-11)4(8,9)10/h2,11H,1H2. The van der Waals surface area contributed by atoms with Crippen LogP contribution in [0, 0.1) is 5.92 Å². The molecule has 0 fully saturated rings. The zero-order valence-corrected chi connectivity index (χ0v) is 9.54. The Labute approximate surface area is 94.4 Å². The van der Waals surface area contributed by atoms with Crippen molar-refractivity contribution in [2.45, 2.75) is 7.59 Å². The molecule has 0 radical (unpaired) electrons. The molecule has 0 aliphatic rings. The summed E-state index contributed by atoms with van der Waals surface area (Å²) in [4.78, 5) is 0. The summed E-state index contributed by atoms with van der Waals surface area (Å²) in [6.07, 6.45) is 0. The van der Waals surface area contributed by atoms with Crippen LogP contribution in [0.1, 0.15) is 0 Å². The highest BCUT2D eigenvalue weighted by atomic mass is 35.6. The monoisotopic (exact) mass is 278 g/mol. The molecule has 0 spiro atoms. The Bertz CT molecular complexity index is 110. The highest BCUT2D eigenvalue weighted by Crippen LogP contribution is 2.47. The minimum Gasteiger partial charge on any atom is -0.396 e. The summed E-state index contributed by atoms with van der Waals surface area (Å²) in [5, 5.41) is 8.69. The first-order valence-corrected chi connectivity index (χ1v) is 4.70. The first kappa shape index (κ1) is 12.7. The largest absolute Gasteiger partial charge is 0.396 e. The van der Waals surface area contributed by atoms with Gasteiger partial charge in [0.2, 0.25) is 0 Å². The quantitative estimate of drug-likeness (QED) is 0.731. The number of hydrogen-bond donors (Lipinski definition) is 1. The van der Waals surface area contributed by atoms with Gasteiger partial charge in [-0.05, 0) is 0 Å². The van der Waals surface area contributed by atoms with E-state index in [4.69, 9.17) is 74.7 Å². The molecule has 0 bridgehead atoms. The lowest BCUT2D eigenvalue weighted by Crippen LogP contribution is -2.34. The number of alkyl halides is 6. The molecule has 0 aliphatic heterocycles. The van der Waals surface area contributed by atoms with Crippen LogP contribution in [0.25, 0.3) is 0 Å². The molecule has 0 atom stereocenters. The van der Waals surface area contributed by atoms with E-state index in [-0.39, 0.29) is 0 Å². The Kier molecular flexibility index (Phi) is 4.94. The molecule has 0 aromatic rings. The van der Waals surface area contributed by atoms with Crippen LogP contribution in [-0.4, -0.2) is 19.3 Å². The van der Waals surface area contributed by atoms with Gasteiger partial charge in [0, 0.05) is 0 Å². The highest BCUT2D eigenvalue weighted by Gasteiger charge is 2.45. The van der Waals surface area contributed by atoms with Crippen LogP contribution in [0.4, 0.5) is 0 Å². The Morgan fingerprint density at radius 3 is 1.18 bits per heavy atom. The van der Waals surface area contributed by atoms with E-state index in [9.17, 15) is 0 Å². The van der Waals surface area contributed by atoms with Crippen LogP contribution in [-0.2, 0) is 0 Å². The SMILES string of the molecule is OCC(C(Cl)(Cl)Cl)C(Cl)(Cl)Cl. The van der Waals surface area contributed by atoms with Gasteiger partial charge < -0.3 is 5.11 Å². The molecule has 11 heavy (non-hydrogen) atoms. The third kappa shape index (κ3) is 4.47. The van der Waals surface area contributed by atoms with Crippen LogP contribution in [0.2, 0.25) is 0 Å². The van der Waals surface area contributed by atoms with E-state index in [1.807, 2.05) is 0 Å². The van der Waals surface area contributed by atoms with Gasteiger partial charge in [-0.1, -0.05) is 69.6 Å². The lowest BCUT2D eigenvalue weighted by atomic mass is 10.2. The Balaban J connectivity index is 4.43. The molecule has 0 saturated carbocycles. The number of hydrogen-bond acceptors (Lipinski definition) is 1. The smallest absolute Gasteiger partial charge is 0.199 e. The normalized spacial score (nSPS) is 14.2. The van der Waals surface area contributed by atoms with E-state index < -0.39 is 20.1 Å². The van der Waals surface area contributed by atoms with Crippen LogP contribution < -0.4 is 0 Å². The summed E-state index contributed by atoms with van der Waals surface area (Å²) in [6.45, 7) is -0.507. The molecular weight excluding hydrogens is 277 g/mol. The molecule has 0 aliphatic carbocycles. The zero-order chi connectivity index (χ0) is 9.28. The fourth-order valence-corrected chi connectivity index (χ4v) is 2.29. The van der Waals surface area contributed by atoms with Crippen LogP contribution in [0.5, 0.6) is 0 Å². The summed E-state index contributed by atoms with van der Waals surface area (Å²) in [5.74, 6) is -1.04. The first-order chi connectivity index (χ1) is 4.69. The third-order valence-corrected chi connectivity index (χ3v) is 2.55. The maximum Gasteiger partial charge on any atom is 0.199 e. The van der Waals surface area contributed by atoms with Gasteiger partial charge in [-0.15, -0.1) is 0 Å². The van der Waals surface area contributed by atoms with Crippen molar-refractivity contribution in [2.75, 3.05) is 6.61 Å². The Morgan fingerprint density at radius 2 is 1.18 bits per heavy atom. The van der Waals surface area contributed by atoms with Gasteiger partial charge in [-0.25, -0.2) is 0 Å². The zero-order valence-electron chi connectivity index (χ0n) is 5.00. The lowest BCUT2D eigenvalue weighted by molar-refractivity contribution is 0.230. The highest BCUT2D eigenvalue weighted by molar-refractivity contribution is 6.72. The van der Waals surface area contributed by atoms with E-state index in [2.05, 4.69) is 0 Å². The molecule has 1 nitrogen and oxygen atoms in total. The van der Waals surface area contributed by atoms with Gasteiger partial charge in [0.15, 0.2) is 7.59 Å². The topological polar surface area (TPSA) is 20.2 Å². The van der Waals surface area contributed by atoms with Crippen LogP contribution >= 0.6 is 69.6 Å². The minimum absolute atomic E-state index is 0.507. The average Bonchev–Trinajstić information content (AvgIpc) is 1.56. The second kappa shape index (κ2) is 4.28. The maximum absolute atomic E-state index is 8.69.